The van der Waals surface area contributed by atoms with Gasteiger partial charge >= 0.3 is 5.76 Å². The molecule has 0 atom stereocenters. The van der Waals surface area contributed by atoms with Gasteiger partial charge in [0, 0.05) is 49.6 Å². The van der Waals surface area contributed by atoms with Crippen LogP contribution in [0.15, 0.2) is 27.4 Å². The molecule has 126 valence electrons. The number of aryl methyl sites for hydroxylation is 1. The van der Waals surface area contributed by atoms with Gasteiger partial charge in [-0.1, -0.05) is 0 Å². The number of fused-ring (bicyclic) bond motifs is 2. The number of aromatic nitrogens is 3. The molecule has 0 bridgehead atoms. The molecule has 3 N–H and O–H groups in total. The van der Waals surface area contributed by atoms with E-state index in [-0.39, 0.29) is 18.3 Å². The largest absolute Gasteiger partial charge is 0.419 e. The summed E-state index contributed by atoms with van der Waals surface area (Å²) in [7, 11) is 1.63. The van der Waals surface area contributed by atoms with E-state index in [9.17, 15) is 9.59 Å². The van der Waals surface area contributed by atoms with E-state index in [2.05, 4.69) is 20.8 Å². The van der Waals surface area contributed by atoms with Crippen LogP contribution in [-0.4, -0.2) is 27.2 Å². The molecule has 4 rings (SSSR count). The van der Waals surface area contributed by atoms with Crippen LogP contribution in [0.5, 0.6) is 0 Å². The molecule has 8 nitrogen and oxygen atoms in total. The molecule has 1 aliphatic rings. The number of oxazole rings is 1. The van der Waals surface area contributed by atoms with Crippen molar-refractivity contribution < 1.29 is 9.21 Å². The second kappa shape index (κ2) is 6.14. The number of carbonyl (C=O) groups excluding carboxylic acids is 1. The van der Waals surface area contributed by atoms with Gasteiger partial charge in [-0.25, -0.2) is 4.79 Å². The van der Waals surface area contributed by atoms with Crippen molar-refractivity contribution in [1.29, 1.82) is 0 Å². The monoisotopic (exact) mass is 349 g/mol. The van der Waals surface area contributed by atoms with E-state index in [0.29, 0.717) is 29.0 Å². The Balaban J connectivity index is 0.00000169. The average Bonchev–Trinajstić information content (AvgIpc) is 3.09. The molecule has 3 aromatic rings. The predicted molar refractivity (Wildman–Crippen MR) is 90.7 cm³/mol. The van der Waals surface area contributed by atoms with Gasteiger partial charge in [0.2, 0.25) is 0 Å². The van der Waals surface area contributed by atoms with Crippen molar-refractivity contribution in [3.8, 4) is 0 Å². The Morgan fingerprint density at radius 1 is 1.42 bits per heavy atom. The Labute approximate surface area is 142 Å². The number of halogens is 1. The van der Waals surface area contributed by atoms with Crippen LogP contribution in [0, 0.1) is 0 Å². The Morgan fingerprint density at radius 2 is 2.25 bits per heavy atom. The van der Waals surface area contributed by atoms with Crippen LogP contribution in [0.25, 0.3) is 11.1 Å². The molecule has 2 aromatic heterocycles. The van der Waals surface area contributed by atoms with Crippen molar-refractivity contribution in [3.63, 3.8) is 0 Å². The van der Waals surface area contributed by atoms with Crippen LogP contribution < -0.4 is 16.4 Å². The number of nitrogens with zero attached hydrogens (tertiary/aromatic N) is 2. The molecule has 0 unspecified atom stereocenters. The molecular formula is C15H16ClN5O3. The van der Waals surface area contributed by atoms with Crippen molar-refractivity contribution in [3.05, 3.63) is 45.7 Å². The summed E-state index contributed by atoms with van der Waals surface area (Å²) in [5, 5.41) is 13.1. The van der Waals surface area contributed by atoms with Gasteiger partial charge in [0.15, 0.2) is 11.3 Å². The second-order valence-electron chi connectivity index (χ2n) is 5.52. The molecule has 1 aliphatic heterocycles. The lowest BCUT2D eigenvalue weighted by Crippen LogP contribution is -2.25. The van der Waals surface area contributed by atoms with Gasteiger partial charge in [-0.3, -0.25) is 14.5 Å². The average molecular weight is 350 g/mol. The fourth-order valence-corrected chi connectivity index (χ4v) is 2.81. The van der Waals surface area contributed by atoms with E-state index in [4.69, 9.17) is 4.42 Å². The second-order valence-corrected chi connectivity index (χ2v) is 5.52. The number of benzene rings is 1. The molecule has 1 amide bonds. The summed E-state index contributed by atoms with van der Waals surface area (Å²) in [5.41, 5.74) is 3.95. The lowest BCUT2D eigenvalue weighted by Gasteiger charge is -2.12. The van der Waals surface area contributed by atoms with Gasteiger partial charge in [-0.2, -0.15) is 5.10 Å². The van der Waals surface area contributed by atoms with Gasteiger partial charge in [-0.15, -0.1) is 12.4 Å². The van der Waals surface area contributed by atoms with Gasteiger partial charge in [0.05, 0.1) is 5.52 Å². The van der Waals surface area contributed by atoms with Gasteiger partial charge in [-0.05, 0) is 12.1 Å². The molecule has 0 spiro atoms. The molecule has 0 saturated carbocycles. The number of nitrogens with one attached hydrogen (secondary N) is 3. The number of anilines is 1. The maximum atomic E-state index is 12.4. The third-order valence-corrected chi connectivity index (χ3v) is 4.07. The highest BCUT2D eigenvalue weighted by molar-refractivity contribution is 6.04. The van der Waals surface area contributed by atoms with E-state index >= 15 is 0 Å². The first-order chi connectivity index (χ1) is 11.1. The summed E-state index contributed by atoms with van der Waals surface area (Å²) in [6.45, 7) is 1.50. The summed E-state index contributed by atoms with van der Waals surface area (Å²) in [6, 6.07) is 5.09. The maximum absolute atomic E-state index is 12.4. The highest BCUT2D eigenvalue weighted by Gasteiger charge is 2.21. The van der Waals surface area contributed by atoms with E-state index in [0.717, 1.165) is 24.2 Å². The Morgan fingerprint density at radius 3 is 3.08 bits per heavy atom. The molecule has 0 saturated heterocycles. The summed E-state index contributed by atoms with van der Waals surface area (Å²) in [6.07, 6.45) is 0.830. The number of aromatic amines is 1. The molecule has 1 aromatic carbocycles. The first-order valence-electron chi connectivity index (χ1n) is 7.31. The number of carbonyl (C=O) groups is 1. The first-order valence-corrected chi connectivity index (χ1v) is 7.31. The van der Waals surface area contributed by atoms with E-state index in [1.807, 2.05) is 0 Å². The highest BCUT2D eigenvalue weighted by Crippen LogP contribution is 2.20. The Kier molecular flexibility index (Phi) is 4.16. The van der Waals surface area contributed by atoms with E-state index in [1.54, 1.807) is 25.2 Å². The standard InChI is InChI=1S/C15H15N5O3.ClH/c1-20-11-3-2-8(6-12(11)23-15(20)22)17-14(21)13-9-7-16-5-4-10(9)18-19-13;/h2-3,6,16H,4-5,7H2,1H3,(H,17,21)(H,18,19);1H. The summed E-state index contributed by atoms with van der Waals surface area (Å²) in [5.74, 6) is -0.722. The minimum atomic E-state index is -0.434. The van der Waals surface area contributed by atoms with Crippen LogP contribution in [0.2, 0.25) is 0 Å². The lowest BCUT2D eigenvalue weighted by molar-refractivity contribution is 0.102. The smallest absolute Gasteiger partial charge is 0.408 e. The van der Waals surface area contributed by atoms with Crippen LogP contribution >= 0.6 is 12.4 Å². The zero-order chi connectivity index (χ0) is 16.0. The SMILES string of the molecule is Cl.Cn1c(=O)oc2cc(NC(=O)c3n[nH]c4c3CNCC4)ccc21. The normalized spacial score (nSPS) is 13.4. The third-order valence-electron chi connectivity index (χ3n) is 4.07. The molecule has 0 aliphatic carbocycles. The van der Waals surface area contributed by atoms with E-state index in [1.165, 1.54) is 4.57 Å². The van der Waals surface area contributed by atoms with Crippen LogP contribution in [0.3, 0.4) is 0 Å². The predicted octanol–water partition coefficient (Wildman–Crippen LogP) is 1.17. The van der Waals surface area contributed by atoms with Crippen LogP contribution in [0.1, 0.15) is 21.7 Å². The number of amides is 1. The molecule has 0 fully saturated rings. The summed E-state index contributed by atoms with van der Waals surface area (Å²) >= 11 is 0. The Bertz CT molecular complexity index is 971. The molecule has 3 heterocycles. The summed E-state index contributed by atoms with van der Waals surface area (Å²) in [4.78, 5) is 23.9. The highest BCUT2D eigenvalue weighted by atomic mass is 35.5. The minimum absolute atomic E-state index is 0. The third kappa shape index (κ3) is 2.59. The zero-order valence-corrected chi connectivity index (χ0v) is 13.7. The van der Waals surface area contributed by atoms with E-state index < -0.39 is 5.76 Å². The fourth-order valence-electron chi connectivity index (χ4n) is 2.81. The van der Waals surface area contributed by atoms with Crippen molar-refractivity contribution in [1.82, 2.24) is 20.1 Å². The van der Waals surface area contributed by atoms with Gasteiger partial charge in [0.1, 0.15) is 0 Å². The van der Waals surface area contributed by atoms with Crippen LogP contribution in [0.4, 0.5) is 5.69 Å². The Hall–Kier alpha value is -2.58. The minimum Gasteiger partial charge on any atom is -0.408 e. The van der Waals surface area contributed by atoms with Crippen molar-refractivity contribution in [2.45, 2.75) is 13.0 Å². The van der Waals surface area contributed by atoms with Gasteiger partial charge in [0.25, 0.3) is 5.91 Å². The molecular weight excluding hydrogens is 334 g/mol. The quantitative estimate of drug-likeness (QED) is 0.644. The number of hydrogen-bond donors (Lipinski definition) is 3. The number of rotatable bonds is 2. The molecule has 0 radical (unpaired) electrons. The van der Waals surface area contributed by atoms with Crippen molar-refractivity contribution in [2.75, 3.05) is 11.9 Å². The summed E-state index contributed by atoms with van der Waals surface area (Å²) < 4.78 is 6.54. The molecule has 24 heavy (non-hydrogen) atoms. The number of H-pyrrole nitrogens is 1. The maximum Gasteiger partial charge on any atom is 0.419 e. The topological polar surface area (TPSA) is 105 Å². The van der Waals surface area contributed by atoms with Gasteiger partial charge < -0.3 is 15.1 Å². The van der Waals surface area contributed by atoms with Crippen molar-refractivity contribution in [2.24, 2.45) is 7.05 Å². The first kappa shape index (κ1) is 16.3. The lowest BCUT2D eigenvalue weighted by atomic mass is 10.1. The number of hydrogen-bond acceptors (Lipinski definition) is 5. The molecule has 9 heteroatoms. The van der Waals surface area contributed by atoms with Crippen molar-refractivity contribution >= 4 is 35.1 Å². The zero-order valence-electron chi connectivity index (χ0n) is 12.9. The fraction of sp³-hybridized carbons (Fsp3) is 0.267. The van der Waals surface area contributed by atoms with Crippen LogP contribution in [-0.2, 0) is 20.0 Å².